The number of alkyl halides is 3. The molecule has 3 N–H and O–H groups in total. The second-order valence-electron chi connectivity index (χ2n) is 10.7. The van der Waals surface area contributed by atoms with Gasteiger partial charge in [-0.15, -0.1) is 0 Å². The number of halogens is 3. The fourth-order valence-corrected chi connectivity index (χ4v) is 4.25. The van der Waals surface area contributed by atoms with E-state index in [-0.39, 0.29) is 27.6 Å². The van der Waals surface area contributed by atoms with Gasteiger partial charge in [-0.05, 0) is 51.8 Å². The average molecular weight is 516 g/mol. The Morgan fingerprint density at radius 2 is 1.94 bits per heavy atom. The summed E-state index contributed by atoms with van der Waals surface area (Å²) in [6, 6.07) is 2.64. The van der Waals surface area contributed by atoms with Crippen LogP contribution >= 0.6 is 11.3 Å². The fourth-order valence-electron chi connectivity index (χ4n) is 3.28. The number of hydrogen-bond donors (Lipinski definition) is 3. The normalized spacial score (nSPS) is 19.9. The summed E-state index contributed by atoms with van der Waals surface area (Å²) in [5, 5.41) is 18.2. The molecule has 1 aliphatic rings. The highest BCUT2D eigenvalue weighted by Gasteiger charge is 2.32. The lowest BCUT2D eigenvalue weighted by Crippen LogP contribution is -2.38. The molecule has 0 bridgehead atoms. The van der Waals surface area contributed by atoms with Gasteiger partial charge in [0.1, 0.15) is 11.2 Å². The van der Waals surface area contributed by atoms with E-state index in [1.165, 1.54) is 11.3 Å². The molecule has 0 spiro atoms. The molecule has 1 aromatic heterocycles. The molecule has 0 unspecified atom stereocenters. The van der Waals surface area contributed by atoms with Crippen molar-refractivity contribution in [3.05, 3.63) is 39.1 Å². The molecule has 1 fully saturated rings. The summed E-state index contributed by atoms with van der Waals surface area (Å²) < 4.78 is 41.7. The maximum absolute atomic E-state index is 13.4. The van der Waals surface area contributed by atoms with Gasteiger partial charge in [0.15, 0.2) is 5.75 Å². The molecular weight excluding hydrogens is 483 g/mol. The number of amides is 1. The molecule has 2 atom stereocenters. The predicted octanol–water partition coefficient (Wildman–Crippen LogP) is 3.75. The number of benzene rings is 1. The van der Waals surface area contributed by atoms with Gasteiger partial charge in [-0.25, -0.2) is 4.68 Å². The minimum Gasteiger partial charge on any atom is -0.407 e. The van der Waals surface area contributed by atoms with Gasteiger partial charge in [0.2, 0.25) is 4.80 Å². The molecule has 1 saturated heterocycles. The fraction of sp³-hybridized carbons (Fsp3) is 0.609. The second-order valence-corrected chi connectivity index (χ2v) is 11.6. The van der Waals surface area contributed by atoms with Crippen LogP contribution < -0.4 is 20.4 Å². The van der Waals surface area contributed by atoms with Crippen molar-refractivity contribution in [1.82, 2.24) is 20.6 Å². The Morgan fingerprint density at radius 1 is 1.26 bits per heavy atom. The Hall–Kier alpha value is -2.28. The Morgan fingerprint density at radius 3 is 2.49 bits per heavy atom. The zero-order valence-corrected chi connectivity index (χ0v) is 21.5. The van der Waals surface area contributed by atoms with Gasteiger partial charge in [-0.3, -0.25) is 10.1 Å². The predicted molar refractivity (Wildman–Crippen MR) is 126 cm³/mol. The molecule has 1 amide bonds. The standard InChI is InChI=1S/C23H32F3N5O3S/c1-21(2,3)19-29-31(12-14-8-10-17(32)27-14)20(35-19)28-18(33)15-11-13(23(24,25)26)7-9-16(15)34-30-22(4,5)6/h7,9,11,14,17,27,30,32H,8,10,12H2,1-6H3/t14-,17-/m0/s1. The lowest BCUT2D eigenvalue weighted by Gasteiger charge is -2.21. The van der Waals surface area contributed by atoms with Gasteiger partial charge in [-0.1, -0.05) is 32.1 Å². The first-order valence-electron chi connectivity index (χ1n) is 11.3. The highest BCUT2D eigenvalue weighted by Crippen LogP contribution is 2.33. The molecule has 1 aromatic carbocycles. The lowest BCUT2D eigenvalue weighted by atomic mass is 9.98. The highest BCUT2D eigenvalue weighted by molar-refractivity contribution is 7.09. The molecule has 0 aliphatic carbocycles. The van der Waals surface area contributed by atoms with E-state index in [1.54, 1.807) is 4.68 Å². The van der Waals surface area contributed by atoms with E-state index in [1.807, 2.05) is 41.5 Å². The van der Waals surface area contributed by atoms with Crippen LogP contribution in [-0.4, -0.2) is 38.6 Å². The summed E-state index contributed by atoms with van der Waals surface area (Å²) in [4.78, 5) is 23.1. The first kappa shape index (κ1) is 27.3. The topological polar surface area (TPSA) is 101 Å². The van der Waals surface area contributed by atoms with E-state index in [4.69, 9.17) is 4.84 Å². The Kier molecular flexibility index (Phi) is 7.80. The van der Waals surface area contributed by atoms with Gasteiger partial charge in [-0.2, -0.15) is 28.7 Å². The third-order valence-corrected chi connectivity index (χ3v) is 6.45. The molecule has 0 radical (unpaired) electrons. The minimum atomic E-state index is -4.64. The maximum atomic E-state index is 13.4. The lowest BCUT2D eigenvalue weighted by molar-refractivity contribution is -0.137. The van der Waals surface area contributed by atoms with E-state index < -0.39 is 29.4 Å². The molecule has 8 nitrogen and oxygen atoms in total. The number of rotatable bonds is 5. The third-order valence-electron chi connectivity index (χ3n) is 5.07. The van der Waals surface area contributed by atoms with Gasteiger partial charge < -0.3 is 9.94 Å². The SMILES string of the molecule is CC(C)(C)NOc1ccc(C(F)(F)F)cc1C(=O)N=c1sc(C(C)(C)C)nn1C[C@@H]1CC[C@H](O)N1. The van der Waals surface area contributed by atoms with Crippen molar-refractivity contribution in [2.75, 3.05) is 0 Å². The van der Waals surface area contributed by atoms with Crippen LogP contribution in [0.4, 0.5) is 13.2 Å². The van der Waals surface area contributed by atoms with Crippen molar-refractivity contribution in [3.8, 4) is 5.75 Å². The van der Waals surface area contributed by atoms with Crippen molar-refractivity contribution in [3.63, 3.8) is 0 Å². The Labute approximate surface area is 206 Å². The number of aromatic nitrogens is 2. The number of nitrogens with one attached hydrogen (secondary N) is 2. The van der Waals surface area contributed by atoms with Gasteiger partial charge in [0, 0.05) is 17.0 Å². The summed E-state index contributed by atoms with van der Waals surface area (Å²) in [5.74, 6) is -0.937. The molecule has 194 valence electrons. The zero-order valence-electron chi connectivity index (χ0n) is 20.7. The van der Waals surface area contributed by atoms with Gasteiger partial charge in [0.05, 0.1) is 17.7 Å². The summed E-state index contributed by atoms with van der Waals surface area (Å²) in [6.45, 7) is 11.7. The van der Waals surface area contributed by atoms with E-state index in [0.717, 1.165) is 23.2 Å². The summed E-state index contributed by atoms with van der Waals surface area (Å²) in [7, 11) is 0. The van der Waals surface area contributed by atoms with Crippen LogP contribution in [0.1, 0.15) is 75.3 Å². The zero-order chi connectivity index (χ0) is 26.2. The molecule has 2 aromatic rings. The van der Waals surface area contributed by atoms with Gasteiger partial charge in [0.25, 0.3) is 5.91 Å². The van der Waals surface area contributed by atoms with Crippen LogP contribution in [0.2, 0.25) is 0 Å². The number of hydrogen-bond acceptors (Lipinski definition) is 7. The summed E-state index contributed by atoms with van der Waals surface area (Å²) in [6.07, 6.45) is -3.93. The minimum absolute atomic E-state index is 0.0608. The van der Waals surface area contributed by atoms with E-state index >= 15 is 0 Å². The first-order chi connectivity index (χ1) is 16.0. The maximum Gasteiger partial charge on any atom is 0.416 e. The summed E-state index contributed by atoms with van der Waals surface area (Å²) in [5.41, 5.74) is 0.590. The smallest absolute Gasteiger partial charge is 0.407 e. The van der Waals surface area contributed by atoms with Crippen LogP contribution in [0.3, 0.4) is 0 Å². The number of carbonyl (C=O) groups is 1. The number of aliphatic hydroxyl groups excluding tert-OH is 1. The molecule has 0 saturated carbocycles. The molecule has 35 heavy (non-hydrogen) atoms. The average Bonchev–Trinajstić information content (AvgIpc) is 3.31. The van der Waals surface area contributed by atoms with Crippen molar-refractivity contribution in [2.24, 2.45) is 4.99 Å². The molecular formula is C23H32F3N5O3S. The second kappa shape index (κ2) is 10.00. The van der Waals surface area contributed by atoms with Gasteiger partial charge >= 0.3 is 6.18 Å². The molecule has 1 aliphatic heterocycles. The Bertz CT molecular complexity index is 1130. The third kappa shape index (κ3) is 7.35. The van der Waals surface area contributed by atoms with Crippen LogP contribution in [0.15, 0.2) is 23.2 Å². The van der Waals surface area contributed by atoms with Crippen molar-refractivity contribution in [2.45, 2.75) is 90.3 Å². The summed E-state index contributed by atoms with van der Waals surface area (Å²) >= 11 is 1.20. The number of aliphatic hydroxyl groups is 1. The number of carbonyl (C=O) groups excluding carboxylic acids is 1. The quantitative estimate of drug-likeness (QED) is 0.525. The number of nitrogens with zero attached hydrogens (tertiary/aromatic N) is 3. The van der Waals surface area contributed by atoms with Crippen molar-refractivity contribution < 1.29 is 27.9 Å². The molecule has 2 heterocycles. The van der Waals surface area contributed by atoms with Crippen LogP contribution in [-0.2, 0) is 18.1 Å². The number of hydroxylamine groups is 1. The monoisotopic (exact) mass is 515 g/mol. The van der Waals surface area contributed by atoms with E-state index in [2.05, 4.69) is 20.9 Å². The van der Waals surface area contributed by atoms with Crippen LogP contribution in [0, 0.1) is 0 Å². The van der Waals surface area contributed by atoms with Crippen molar-refractivity contribution in [1.29, 1.82) is 0 Å². The van der Waals surface area contributed by atoms with E-state index in [9.17, 15) is 23.1 Å². The largest absolute Gasteiger partial charge is 0.416 e. The highest BCUT2D eigenvalue weighted by atomic mass is 32.1. The molecule has 12 heteroatoms. The van der Waals surface area contributed by atoms with Crippen LogP contribution in [0.25, 0.3) is 0 Å². The first-order valence-corrected chi connectivity index (χ1v) is 12.1. The Balaban J connectivity index is 2.05. The van der Waals surface area contributed by atoms with Crippen LogP contribution in [0.5, 0.6) is 5.75 Å². The molecule has 3 rings (SSSR count). The van der Waals surface area contributed by atoms with E-state index in [0.29, 0.717) is 19.4 Å². The van der Waals surface area contributed by atoms with Crippen molar-refractivity contribution >= 4 is 17.2 Å².